The number of hydrogen-bond donors (Lipinski definition) is 0. The van der Waals surface area contributed by atoms with Crippen LogP contribution in [0, 0.1) is 0 Å². The fourth-order valence-electron chi connectivity index (χ4n) is 1.40. The van der Waals surface area contributed by atoms with Gasteiger partial charge in [-0.3, -0.25) is 0 Å². The largest absolute Gasteiger partial charge is 0.460 e. The molecule has 114 valence electrons. The molecule has 0 amide bonds. The summed E-state index contributed by atoms with van der Waals surface area (Å²) < 4.78 is 49.6. The maximum Gasteiger partial charge on any atom is 0.437 e. The van der Waals surface area contributed by atoms with Crippen molar-refractivity contribution in [2.45, 2.75) is 13.1 Å². The fourth-order valence-corrected chi connectivity index (χ4v) is 3.37. The number of hydrogen-bond acceptors (Lipinski definition) is 5. The van der Waals surface area contributed by atoms with Crippen molar-refractivity contribution in [3.63, 3.8) is 0 Å². The van der Waals surface area contributed by atoms with Crippen LogP contribution >= 0.6 is 43.2 Å². The highest BCUT2D eigenvalue weighted by Gasteiger charge is 2.42. The summed E-state index contributed by atoms with van der Waals surface area (Å²) in [6.07, 6.45) is -4.81. The zero-order valence-corrected chi connectivity index (χ0v) is 14.2. The van der Waals surface area contributed by atoms with E-state index in [-0.39, 0.29) is 12.5 Å². The summed E-state index contributed by atoms with van der Waals surface area (Å²) in [5, 5.41) is 0. The molecule has 10 heteroatoms. The number of esters is 1. The second kappa shape index (κ2) is 6.09. The van der Waals surface area contributed by atoms with Crippen molar-refractivity contribution >= 4 is 49.2 Å². The monoisotopic (exact) mass is 447 g/mol. The molecule has 0 saturated carbocycles. The number of alkyl halides is 3. The Hall–Kier alpha value is -0.870. The maximum atomic E-state index is 12.9. The highest BCUT2D eigenvalue weighted by atomic mass is 79.9. The van der Waals surface area contributed by atoms with Crippen molar-refractivity contribution in [2.24, 2.45) is 0 Å². The van der Waals surface area contributed by atoms with Crippen LogP contribution in [-0.2, 0) is 10.9 Å². The molecule has 0 radical (unpaired) electrons. The van der Waals surface area contributed by atoms with Crippen molar-refractivity contribution in [3.8, 4) is 10.8 Å². The lowest BCUT2D eigenvalue weighted by Crippen LogP contribution is -2.14. The standard InChI is InChI=1S/C11H6Br2F3NO3S/c1-2-19-10(18)6-7(11(14,15)16)17-9(20-6)5-3-4(12)8(13)21-5/h3H,2H2,1H3. The van der Waals surface area contributed by atoms with Gasteiger partial charge in [0.05, 0.1) is 15.3 Å². The normalized spacial score (nSPS) is 11.7. The Balaban J connectivity index is 2.52. The first-order chi connectivity index (χ1) is 9.74. The minimum absolute atomic E-state index is 0.0672. The third-order valence-corrected chi connectivity index (χ3v) is 5.46. The minimum atomic E-state index is -4.81. The molecule has 21 heavy (non-hydrogen) atoms. The summed E-state index contributed by atoms with van der Waals surface area (Å²) >= 11 is 7.55. The second-order valence-corrected chi connectivity index (χ2v) is 6.87. The first-order valence-corrected chi connectivity index (χ1v) is 7.84. The van der Waals surface area contributed by atoms with Crippen molar-refractivity contribution < 1.29 is 27.1 Å². The van der Waals surface area contributed by atoms with Gasteiger partial charge in [0.25, 0.3) is 0 Å². The smallest absolute Gasteiger partial charge is 0.437 e. The Kier molecular flexibility index (Phi) is 4.79. The van der Waals surface area contributed by atoms with Gasteiger partial charge in [-0.1, -0.05) is 0 Å². The van der Waals surface area contributed by atoms with Gasteiger partial charge in [0.1, 0.15) is 0 Å². The van der Waals surface area contributed by atoms with Crippen LogP contribution in [0.5, 0.6) is 0 Å². The maximum absolute atomic E-state index is 12.9. The van der Waals surface area contributed by atoms with Gasteiger partial charge < -0.3 is 9.15 Å². The molecule has 2 aromatic rings. The van der Waals surface area contributed by atoms with Gasteiger partial charge >= 0.3 is 12.1 Å². The van der Waals surface area contributed by atoms with Crippen LogP contribution in [0.1, 0.15) is 23.2 Å². The first-order valence-electron chi connectivity index (χ1n) is 5.44. The molecular weight excluding hydrogens is 443 g/mol. The van der Waals surface area contributed by atoms with Gasteiger partial charge in [0, 0.05) is 4.47 Å². The number of rotatable bonds is 3. The van der Waals surface area contributed by atoms with E-state index in [1.807, 2.05) is 0 Å². The Morgan fingerprint density at radius 2 is 2.14 bits per heavy atom. The van der Waals surface area contributed by atoms with Crippen molar-refractivity contribution in [3.05, 3.63) is 25.8 Å². The Morgan fingerprint density at radius 1 is 1.48 bits per heavy atom. The predicted octanol–water partition coefficient (Wildman–Crippen LogP) is 5.12. The SMILES string of the molecule is CCOC(=O)c1oc(-c2cc(Br)c(Br)s2)nc1C(F)(F)F. The van der Waals surface area contributed by atoms with E-state index >= 15 is 0 Å². The molecule has 4 nitrogen and oxygen atoms in total. The molecule has 0 aliphatic rings. The zero-order chi connectivity index (χ0) is 15.8. The second-order valence-electron chi connectivity index (χ2n) is 3.65. The van der Waals surface area contributed by atoms with Gasteiger partial charge in [-0.25, -0.2) is 9.78 Å². The van der Waals surface area contributed by atoms with Crippen LogP contribution in [0.25, 0.3) is 10.8 Å². The number of thiophene rings is 1. The summed E-state index contributed by atoms with van der Waals surface area (Å²) in [5.74, 6) is -2.43. The summed E-state index contributed by atoms with van der Waals surface area (Å²) in [7, 11) is 0. The topological polar surface area (TPSA) is 52.3 Å². The number of carbonyl (C=O) groups excluding carboxylic acids is 1. The molecule has 2 heterocycles. The average Bonchev–Trinajstić information content (AvgIpc) is 2.94. The summed E-state index contributed by atoms with van der Waals surface area (Å²) in [4.78, 5) is 15.3. The molecule has 0 fully saturated rings. The molecule has 0 bridgehead atoms. The molecule has 0 unspecified atom stereocenters. The Morgan fingerprint density at radius 3 is 2.62 bits per heavy atom. The molecule has 0 aliphatic heterocycles. The molecular formula is C11H6Br2F3NO3S. The number of oxazole rings is 1. The van der Waals surface area contributed by atoms with Gasteiger partial charge in [-0.2, -0.15) is 13.2 Å². The lowest BCUT2D eigenvalue weighted by molar-refractivity contribution is -0.141. The molecule has 2 rings (SSSR count). The number of carbonyl (C=O) groups is 1. The third kappa shape index (κ3) is 3.49. The summed E-state index contributed by atoms with van der Waals surface area (Å²) in [5.41, 5.74) is -1.39. The molecule has 0 saturated heterocycles. The molecule has 2 aromatic heterocycles. The quantitative estimate of drug-likeness (QED) is 0.611. The fraction of sp³-hybridized carbons (Fsp3) is 0.273. The van der Waals surface area contributed by atoms with E-state index in [4.69, 9.17) is 4.42 Å². The molecule has 0 N–H and O–H groups in total. The van der Waals surface area contributed by atoms with Gasteiger partial charge in [0.15, 0.2) is 5.69 Å². The van der Waals surface area contributed by atoms with Crippen LogP contribution in [0.4, 0.5) is 13.2 Å². The third-order valence-electron chi connectivity index (χ3n) is 2.21. The van der Waals surface area contributed by atoms with Gasteiger partial charge in [0.2, 0.25) is 11.7 Å². The van der Waals surface area contributed by atoms with Crippen LogP contribution in [0.2, 0.25) is 0 Å². The number of halogens is 5. The lowest BCUT2D eigenvalue weighted by atomic mass is 10.3. The Labute approximate surface area is 137 Å². The lowest BCUT2D eigenvalue weighted by Gasteiger charge is -2.03. The average molecular weight is 449 g/mol. The Bertz CT molecular complexity index is 661. The molecule has 0 aromatic carbocycles. The van der Waals surface area contributed by atoms with E-state index in [1.54, 1.807) is 0 Å². The molecule has 0 atom stereocenters. The zero-order valence-electron chi connectivity index (χ0n) is 10.3. The highest BCUT2D eigenvalue weighted by Crippen LogP contribution is 2.40. The van der Waals surface area contributed by atoms with E-state index in [0.29, 0.717) is 13.1 Å². The number of nitrogens with zero attached hydrogens (tertiary/aromatic N) is 1. The van der Waals surface area contributed by atoms with E-state index < -0.39 is 23.6 Å². The minimum Gasteiger partial charge on any atom is -0.460 e. The van der Waals surface area contributed by atoms with E-state index in [1.165, 1.54) is 13.0 Å². The van der Waals surface area contributed by atoms with Gasteiger partial charge in [-0.05, 0) is 44.8 Å². The van der Waals surface area contributed by atoms with Crippen LogP contribution in [0.15, 0.2) is 18.7 Å². The van der Waals surface area contributed by atoms with Gasteiger partial charge in [-0.15, -0.1) is 11.3 Å². The van der Waals surface area contributed by atoms with Crippen molar-refractivity contribution in [1.82, 2.24) is 4.98 Å². The van der Waals surface area contributed by atoms with E-state index in [9.17, 15) is 18.0 Å². The summed E-state index contributed by atoms with van der Waals surface area (Å²) in [6, 6.07) is 1.54. The molecule has 0 spiro atoms. The number of aromatic nitrogens is 1. The van der Waals surface area contributed by atoms with Crippen molar-refractivity contribution in [1.29, 1.82) is 0 Å². The van der Waals surface area contributed by atoms with Crippen molar-refractivity contribution in [2.75, 3.05) is 6.61 Å². The van der Waals surface area contributed by atoms with Crippen LogP contribution < -0.4 is 0 Å². The van der Waals surface area contributed by atoms with Crippen LogP contribution in [0.3, 0.4) is 0 Å². The van der Waals surface area contributed by atoms with E-state index in [2.05, 4.69) is 41.6 Å². The molecule has 0 aliphatic carbocycles. The predicted molar refractivity (Wildman–Crippen MR) is 76.2 cm³/mol. The van der Waals surface area contributed by atoms with Crippen LogP contribution in [-0.4, -0.2) is 17.6 Å². The highest BCUT2D eigenvalue weighted by molar-refractivity contribution is 9.13. The van der Waals surface area contributed by atoms with E-state index in [0.717, 1.165) is 11.3 Å². The first kappa shape index (κ1) is 16.5. The number of ether oxygens (including phenoxy) is 1. The summed E-state index contributed by atoms with van der Waals surface area (Å²) in [6.45, 7) is 1.41.